The van der Waals surface area contributed by atoms with Gasteiger partial charge in [-0.3, -0.25) is 4.98 Å². The van der Waals surface area contributed by atoms with E-state index in [1.165, 1.54) is 13.3 Å². The molecule has 0 saturated heterocycles. The summed E-state index contributed by atoms with van der Waals surface area (Å²) < 4.78 is 31.4. The largest absolute Gasteiger partial charge is 0.495 e. The summed E-state index contributed by atoms with van der Waals surface area (Å²) in [5, 5.41) is 8.94. The Morgan fingerprint density at radius 3 is 2.75 bits per heavy atom. The summed E-state index contributed by atoms with van der Waals surface area (Å²) in [6, 6.07) is 3.67. The zero-order valence-electron chi connectivity index (χ0n) is 8.29. The second-order valence-electron chi connectivity index (χ2n) is 3.10. The molecule has 5 heteroatoms. The summed E-state index contributed by atoms with van der Waals surface area (Å²) in [6.45, 7) is 0. The van der Waals surface area contributed by atoms with Gasteiger partial charge in [0.15, 0.2) is 5.82 Å². The molecule has 1 heterocycles. The predicted octanol–water partition coefficient (Wildman–Crippen LogP) is 2.39. The van der Waals surface area contributed by atoms with Crippen molar-refractivity contribution in [1.82, 2.24) is 4.98 Å². The molecular weight excluding hydrogens is 214 g/mol. The van der Waals surface area contributed by atoms with E-state index in [2.05, 4.69) is 4.98 Å². The van der Waals surface area contributed by atoms with Crippen molar-refractivity contribution in [3.63, 3.8) is 0 Å². The Balaban J connectivity index is 2.93. The maximum absolute atomic E-state index is 13.4. The minimum atomic E-state index is -0.780. The van der Waals surface area contributed by atoms with E-state index in [0.717, 1.165) is 12.1 Å². The molecule has 0 aliphatic rings. The van der Waals surface area contributed by atoms with Crippen molar-refractivity contribution in [3.05, 3.63) is 35.5 Å². The molecule has 0 spiro atoms. The Morgan fingerprint density at radius 2 is 2.12 bits per heavy atom. The van der Waals surface area contributed by atoms with E-state index < -0.39 is 11.6 Å². The van der Waals surface area contributed by atoms with Crippen LogP contribution in [0, 0.1) is 23.0 Å². The van der Waals surface area contributed by atoms with Gasteiger partial charge in [-0.2, -0.15) is 5.26 Å². The van der Waals surface area contributed by atoms with Crippen LogP contribution in [0.3, 0.4) is 0 Å². The topological polar surface area (TPSA) is 45.9 Å². The zero-order valence-corrected chi connectivity index (χ0v) is 8.29. The molecular formula is C11H6F2N2O. The van der Waals surface area contributed by atoms with Crippen LogP contribution in [0.25, 0.3) is 10.9 Å². The first kappa shape index (κ1) is 10.3. The van der Waals surface area contributed by atoms with E-state index in [0.29, 0.717) is 0 Å². The molecule has 0 saturated carbocycles. The smallest absolute Gasteiger partial charge is 0.152 e. The number of hydrogen-bond acceptors (Lipinski definition) is 3. The molecule has 1 aromatic carbocycles. The Morgan fingerprint density at radius 1 is 1.38 bits per heavy atom. The highest BCUT2D eigenvalue weighted by molar-refractivity contribution is 5.87. The average Bonchev–Trinajstić information content (AvgIpc) is 2.27. The molecule has 0 radical (unpaired) electrons. The number of benzene rings is 1. The predicted molar refractivity (Wildman–Crippen MR) is 52.9 cm³/mol. The van der Waals surface area contributed by atoms with Crippen LogP contribution in [0.5, 0.6) is 5.75 Å². The molecule has 0 atom stereocenters. The van der Waals surface area contributed by atoms with Crippen molar-refractivity contribution < 1.29 is 13.5 Å². The minimum Gasteiger partial charge on any atom is -0.495 e. The Bertz CT molecular complexity index is 605. The van der Waals surface area contributed by atoms with Gasteiger partial charge in [0.25, 0.3) is 0 Å². The number of halogens is 2. The molecule has 2 rings (SSSR count). The molecule has 2 aromatic rings. The molecule has 1 aromatic heterocycles. The fourth-order valence-corrected chi connectivity index (χ4v) is 1.50. The zero-order chi connectivity index (χ0) is 11.7. The van der Waals surface area contributed by atoms with Gasteiger partial charge in [-0.25, -0.2) is 8.78 Å². The third kappa shape index (κ3) is 1.44. The van der Waals surface area contributed by atoms with Gasteiger partial charge in [-0.05, 0) is 6.07 Å². The SMILES string of the molecule is COc1c(C#N)cnc2c(F)cc(F)cc12. The standard InChI is InChI=1S/C11H6F2N2O/c1-16-11-6(4-14)5-15-10-8(11)2-7(12)3-9(10)13/h2-3,5H,1H3. The Labute approximate surface area is 89.9 Å². The highest BCUT2D eigenvalue weighted by Gasteiger charge is 2.13. The number of nitriles is 1. The third-order valence-electron chi connectivity index (χ3n) is 2.16. The maximum Gasteiger partial charge on any atom is 0.152 e. The second-order valence-corrected chi connectivity index (χ2v) is 3.10. The Hall–Kier alpha value is -2.22. The lowest BCUT2D eigenvalue weighted by atomic mass is 10.1. The van der Waals surface area contributed by atoms with Gasteiger partial charge in [0, 0.05) is 17.6 Å². The van der Waals surface area contributed by atoms with Crippen LogP contribution in [0.2, 0.25) is 0 Å². The van der Waals surface area contributed by atoms with Gasteiger partial charge in [0.2, 0.25) is 0 Å². The number of nitrogens with zero attached hydrogens (tertiary/aromatic N) is 2. The number of pyridine rings is 1. The van der Waals surface area contributed by atoms with Crippen LogP contribution in [0.15, 0.2) is 18.3 Å². The van der Waals surface area contributed by atoms with Gasteiger partial charge < -0.3 is 4.74 Å². The van der Waals surface area contributed by atoms with Gasteiger partial charge in [0.1, 0.15) is 28.7 Å². The molecule has 0 aliphatic heterocycles. The first-order chi connectivity index (χ1) is 7.67. The fraction of sp³-hybridized carbons (Fsp3) is 0.0909. The summed E-state index contributed by atoms with van der Waals surface area (Å²) in [6.07, 6.45) is 1.20. The third-order valence-corrected chi connectivity index (χ3v) is 2.16. The van der Waals surface area contributed by atoms with Crippen LogP contribution in [-0.2, 0) is 0 Å². The van der Waals surface area contributed by atoms with Crippen molar-refractivity contribution in [2.45, 2.75) is 0 Å². The number of methoxy groups -OCH3 is 1. The van der Waals surface area contributed by atoms with Crippen LogP contribution in [0.4, 0.5) is 8.78 Å². The molecule has 0 N–H and O–H groups in total. The molecule has 0 unspecified atom stereocenters. The van der Waals surface area contributed by atoms with E-state index in [4.69, 9.17) is 10.00 Å². The lowest BCUT2D eigenvalue weighted by molar-refractivity contribution is 0.417. The van der Waals surface area contributed by atoms with E-state index in [9.17, 15) is 8.78 Å². The van der Waals surface area contributed by atoms with Crippen LogP contribution < -0.4 is 4.74 Å². The fourth-order valence-electron chi connectivity index (χ4n) is 1.50. The quantitative estimate of drug-likeness (QED) is 0.741. The number of hydrogen-bond donors (Lipinski definition) is 0. The first-order valence-electron chi connectivity index (χ1n) is 4.39. The highest BCUT2D eigenvalue weighted by atomic mass is 19.1. The van der Waals surface area contributed by atoms with E-state index >= 15 is 0 Å². The molecule has 80 valence electrons. The minimum absolute atomic E-state index is 0.0164. The lowest BCUT2D eigenvalue weighted by Gasteiger charge is -2.07. The second kappa shape index (κ2) is 3.74. The normalized spacial score (nSPS) is 10.1. The van der Waals surface area contributed by atoms with Gasteiger partial charge in [0.05, 0.1) is 7.11 Å². The first-order valence-corrected chi connectivity index (χ1v) is 4.39. The van der Waals surface area contributed by atoms with Crippen molar-refractivity contribution in [2.24, 2.45) is 0 Å². The van der Waals surface area contributed by atoms with Crippen molar-refractivity contribution in [1.29, 1.82) is 5.26 Å². The summed E-state index contributed by atoms with van der Waals surface area (Å²) in [5.41, 5.74) is 0.122. The van der Waals surface area contributed by atoms with Gasteiger partial charge in [-0.1, -0.05) is 0 Å². The molecule has 0 aliphatic carbocycles. The van der Waals surface area contributed by atoms with E-state index in [1.54, 1.807) is 0 Å². The van der Waals surface area contributed by atoms with Crippen molar-refractivity contribution >= 4 is 10.9 Å². The summed E-state index contributed by atoms with van der Waals surface area (Å²) >= 11 is 0. The molecule has 3 nitrogen and oxygen atoms in total. The van der Waals surface area contributed by atoms with Crippen LogP contribution >= 0.6 is 0 Å². The molecule has 0 bridgehead atoms. The van der Waals surface area contributed by atoms with Crippen LogP contribution in [0.1, 0.15) is 5.56 Å². The molecule has 0 fully saturated rings. The number of rotatable bonds is 1. The number of aromatic nitrogens is 1. The number of fused-ring (bicyclic) bond motifs is 1. The average molecular weight is 220 g/mol. The van der Waals surface area contributed by atoms with Crippen LogP contribution in [-0.4, -0.2) is 12.1 Å². The molecule has 0 amide bonds. The summed E-state index contributed by atoms with van der Waals surface area (Å²) in [4.78, 5) is 3.76. The van der Waals surface area contributed by atoms with Crippen molar-refractivity contribution in [2.75, 3.05) is 7.11 Å². The summed E-state index contributed by atoms with van der Waals surface area (Å²) in [5.74, 6) is -1.39. The summed E-state index contributed by atoms with van der Waals surface area (Å²) in [7, 11) is 1.33. The number of ether oxygens (including phenoxy) is 1. The molecule has 16 heavy (non-hydrogen) atoms. The van der Waals surface area contributed by atoms with Gasteiger partial charge >= 0.3 is 0 Å². The monoisotopic (exact) mass is 220 g/mol. The van der Waals surface area contributed by atoms with Crippen molar-refractivity contribution in [3.8, 4) is 11.8 Å². The van der Waals surface area contributed by atoms with E-state index in [-0.39, 0.29) is 22.2 Å². The Kier molecular flexibility index (Phi) is 2.41. The van der Waals surface area contributed by atoms with E-state index in [1.807, 2.05) is 6.07 Å². The lowest BCUT2D eigenvalue weighted by Crippen LogP contribution is -1.94. The van der Waals surface area contributed by atoms with Gasteiger partial charge in [-0.15, -0.1) is 0 Å². The highest BCUT2D eigenvalue weighted by Crippen LogP contribution is 2.29. The maximum atomic E-state index is 13.4.